The summed E-state index contributed by atoms with van der Waals surface area (Å²) in [6, 6.07) is 5.82. The topological polar surface area (TPSA) is 57.6 Å². The van der Waals surface area contributed by atoms with Crippen LogP contribution in [0.4, 0.5) is 0 Å². The summed E-state index contributed by atoms with van der Waals surface area (Å²) in [6.45, 7) is 7.87. The fourth-order valence-corrected chi connectivity index (χ4v) is 3.68. The minimum Gasteiger partial charge on any atom is -0.486 e. The molecule has 0 saturated carbocycles. The Bertz CT molecular complexity index is 737. The van der Waals surface area contributed by atoms with Crippen molar-refractivity contribution in [1.29, 1.82) is 0 Å². The monoisotopic (exact) mass is 413 g/mol. The highest BCUT2D eigenvalue weighted by atomic mass is 35.5. The minimum absolute atomic E-state index is 0.0616. The number of aromatic nitrogens is 1. The Balaban J connectivity index is 2.16. The minimum atomic E-state index is -0.0616. The summed E-state index contributed by atoms with van der Waals surface area (Å²) in [5.74, 6) is 0.750. The zero-order valence-corrected chi connectivity index (χ0v) is 17.5. The van der Waals surface area contributed by atoms with Crippen LogP contribution in [-0.4, -0.2) is 32.7 Å². The molecular weight excluding hydrogens is 390 g/mol. The van der Waals surface area contributed by atoms with Crippen LogP contribution in [0.2, 0.25) is 5.02 Å². The van der Waals surface area contributed by atoms with Crippen molar-refractivity contribution in [3.05, 3.63) is 44.9 Å². The first-order valence-corrected chi connectivity index (χ1v) is 10.1. The maximum Gasteiger partial charge on any atom is 0.169 e. The van der Waals surface area contributed by atoms with Crippen molar-refractivity contribution < 1.29 is 9.84 Å². The number of hydrogen-bond donors (Lipinski definition) is 2. The van der Waals surface area contributed by atoms with E-state index in [1.165, 1.54) is 11.3 Å². The Hall–Kier alpha value is -1.41. The highest BCUT2D eigenvalue weighted by molar-refractivity contribution is 7.80. The fraction of sp³-hybridized carbons (Fsp3) is 0.444. The van der Waals surface area contributed by atoms with Gasteiger partial charge in [-0.3, -0.25) is 0 Å². The lowest BCUT2D eigenvalue weighted by Gasteiger charge is -2.30. The normalized spacial score (nSPS) is 10.8. The van der Waals surface area contributed by atoms with E-state index in [0.29, 0.717) is 29.0 Å². The van der Waals surface area contributed by atoms with Gasteiger partial charge in [0.25, 0.3) is 0 Å². The molecular formula is C18H24ClN3O2S2. The number of hydrogen-bond acceptors (Lipinski definition) is 5. The largest absolute Gasteiger partial charge is 0.486 e. The van der Waals surface area contributed by atoms with Crippen molar-refractivity contribution >= 4 is 40.3 Å². The molecule has 2 N–H and O–H groups in total. The zero-order chi connectivity index (χ0) is 19.1. The molecule has 1 aromatic heterocycles. The van der Waals surface area contributed by atoms with Gasteiger partial charge in [-0.25, -0.2) is 4.98 Å². The molecule has 1 heterocycles. The Morgan fingerprint density at radius 2 is 2.23 bits per heavy atom. The summed E-state index contributed by atoms with van der Waals surface area (Å²) >= 11 is 13.2. The molecule has 0 fully saturated rings. The molecule has 142 valence electrons. The van der Waals surface area contributed by atoms with Gasteiger partial charge in [-0.1, -0.05) is 11.6 Å². The van der Waals surface area contributed by atoms with E-state index in [1.54, 1.807) is 0 Å². The third-order valence-electron chi connectivity index (χ3n) is 3.69. The molecule has 0 aliphatic heterocycles. The molecule has 0 amide bonds. The number of benzene rings is 1. The van der Waals surface area contributed by atoms with E-state index in [1.807, 2.05) is 30.5 Å². The first-order chi connectivity index (χ1) is 12.4. The van der Waals surface area contributed by atoms with E-state index in [-0.39, 0.29) is 12.6 Å². The summed E-state index contributed by atoms with van der Waals surface area (Å²) in [6.07, 6.45) is 0. The second-order valence-electron chi connectivity index (χ2n) is 5.99. The van der Waals surface area contributed by atoms with E-state index in [4.69, 9.17) is 33.7 Å². The Kier molecular flexibility index (Phi) is 8.09. The van der Waals surface area contributed by atoms with Gasteiger partial charge in [-0.15, -0.1) is 11.3 Å². The van der Waals surface area contributed by atoms with E-state index in [9.17, 15) is 0 Å². The van der Waals surface area contributed by atoms with Gasteiger partial charge in [-0.2, -0.15) is 0 Å². The summed E-state index contributed by atoms with van der Waals surface area (Å²) in [7, 11) is 0. The summed E-state index contributed by atoms with van der Waals surface area (Å²) < 4.78 is 5.97. The third-order valence-corrected chi connectivity index (χ3v) is 5.17. The van der Waals surface area contributed by atoms with E-state index in [2.05, 4.69) is 29.0 Å². The maximum atomic E-state index is 9.12. The van der Waals surface area contributed by atoms with Gasteiger partial charge in [-0.05, 0) is 51.2 Å². The number of thiazole rings is 1. The molecule has 0 bridgehead atoms. The predicted octanol–water partition coefficient (Wildman–Crippen LogP) is 3.97. The molecule has 0 spiro atoms. The lowest BCUT2D eigenvalue weighted by molar-refractivity contribution is 0.273. The van der Waals surface area contributed by atoms with E-state index < -0.39 is 0 Å². The van der Waals surface area contributed by atoms with E-state index in [0.717, 1.165) is 22.9 Å². The van der Waals surface area contributed by atoms with Crippen LogP contribution < -0.4 is 10.1 Å². The van der Waals surface area contributed by atoms with Crippen LogP contribution in [0.3, 0.4) is 0 Å². The van der Waals surface area contributed by atoms with Crippen molar-refractivity contribution in [2.75, 3.05) is 6.54 Å². The van der Waals surface area contributed by atoms with Crippen LogP contribution in [0, 0.1) is 0 Å². The number of rotatable bonds is 8. The summed E-state index contributed by atoms with van der Waals surface area (Å²) in [4.78, 5) is 6.41. The molecule has 0 atom stereocenters. The summed E-state index contributed by atoms with van der Waals surface area (Å²) in [5.41, 5.74) is 1.62. The van der Waals surface area contributed by atoms with Gasteiger partial charge in [0.05, 0.1) is 12.3 Å². The lowest BCUT2D eigenvalue weighted by atomic mass is 10.1. The number of ether oxygens (including phenoxy) is 1. The quantitative estimate of drug-likeness (QED) is 0.638. The van der Waals surface area contributed by atoms with E-state index >= 15 is 0 Å². The van der Waals surface area contributed by atoms with Gasteiger partial charge < -0.3 is 20.1 Å². The molecule has 0 radical (unpaired) electrons. The van der Waals surface area contributed by atoms with Gasteiger partial charge in [0.15, 0.2) is 5.11 Å². The average Bonchev–Trinajstić information content (AvgIpc) is 3.06. The number of halogens is 1. The number of aliphatic hydroxyl groups excluding tert-OH is 1. The first-order valence-electron chi connectivity index (χ1n) is 8.44. The van der Waals surface area contributed by atoms with Gasteiger partial charge in [0.1, 0.15) is 17.4 Å². The van der Waals surface area contributed by atoms with Crippen LogP contribution in [0.25, 0.3) is 0 Å². The highest BCUT2D eigenvalue weighted by Crippen LogP contribution is 2.26. The fourth-order valence-electron chi connectivity index (χ4n) is 2.36. The molecule has 0 aliphatic carbocycles. The standard InChI is InChI=1S/C18H24ClN3O2S2/c1-4-20-18(25)22(12(2)3)8-13-7-14(19)5-6-16(13)24-10-17-21-15(9-23)11-26-17/h5-7,11-12,23H,4,8-10H2,1-3H3,(H,20,25). The van der Waals surface area contributed by atoms with Crippen molar-refractivity contribution in [3.8, 4) is 5.75 Å². The Labute approximate surface area is 169 Å². The van der Waals surface area contributed by atoms with Gasteiger partial charge in [0.2, 0.25) is 0 Å². The number of thiocarbonyl (C=S) groups is 1. The third kappa shape index (κ3) is 5.81. The van der Waals surface area contributed by atoms with Crippen molar-refractivity contribution in [3.63, 3.8) is 0 Å². The van der Waals surface area contributed by atoms with Crippen LogP contribution >= 0.6 is 35.2 Å². The number of nitrogens with one attached hydrogen (secondary N) is 1. The molecule has 0 aliphatic rings. The predicted molar refractivity (Wildman–Crippen MR) is 111 cm³/mol. The smallest absolute Gasteiger partial charge is 0.169 e. The second-order valence-corrected chi connectivity index (χ2v) is 7.75. The van der Waals surface area contributed by atoms with Gasteiger partial charge in [0, 0.05) is 35.1 Å². The zero-order valence-electron chi connectivity index (χ0n) is 15.2. The molecule has 0 saturated heterocycles. The summed E-state index contributed by atoms with van der Waals surface area (Å²) in [5, 5.41) is 16.3. The maximum absolute atomic E-state index is 9.12. The molecule has 2 aromatic rings. The van der Waals surface area contributed by atoms with Crippen LogP contribution in [0.5, 0.6) is 5.75 Å². The van der Waals surface area contributed by atoms with Crippen molar-refractivity contribution in [2.45, 2.75) is 46.6 Å². The highest BCUT2D eigenvalue weighted by Gasteiger charge is 2.17. The van der Waals surface area contributed by atoms with Crippen molar-refractivity contribution in [1.82, 2.24) is 15.2 Å². The van der Waals surface area contributed by atoms with Crippen LogP contribution in [0.1, 0.15) is 37.0 Å². The molecule has 26 heavy (non-hydrogen) atoms. The SMILES string of the molecule is CCNC(=S)N(Cc1cc(Cl)ccc1OCc1nc(CO)cs1)C(C)C. The van der Waals surface area contributed by atoms with Crippen molar-refractivity contribution in [2.24, 2.45) is 0 Å². The number of aliphatic hydroxyl groups is 1. The Morgan fingerprint density at radius 1 is 1.46 bits per heavy atom. The molecule has 0 unspecified atom stereocenters. The average molecular weight is 414 g/mol. The Morgan fingerprint density at radius 3 is 2.85 bits per heavy atom. The van der Waals surface area contributed by atoms with Gasteiger partial charge >= 0.3 is 0 Å². The molecule has 5 nitrogen and oxygen atoms in total. The van der Waals surface area contributed by atoms with Crippen LogP contribution in [-0.2, 0) is 19.8 Å². The molecule has 2 rings (SSSR count). The molecule has 8 heteroatoms. The number of nitrogens with zero attached hydrogens (tertiary/aromatic N) is 2. The second kappa shape index (κ2) is 10.1. The van der Waals surface area contributed by atoms with Crippen LogP contribution in [0.15, 0.2) is 23.6 Å². The molecule has 1 aromatic carbocycles. The lowest BCUT2D eigenvalue weighted by Crippen LogP contribution is -2.43. The first kappa shape index (κ1) is 20.9.